The standard InChI is InChI=1S/C7H7BrS.C7H7S.BrH.Mg/c8-7-3-1-6(5-9)2-4-7;1-8-7-5-3-2-4-6-7;;/h1-4,9H,5H2;3-6H,1H3;1H;/q;-1;;+2/p-1. The van der Waals surface area contributed by atoms with E-state index in [1.54, 1.807) is 11.8 Å². The molecule has 0 aromatic heterocycles. The second-order valence-electron chi connectivity index (χ2n) is 3.22. The van der Waals surface area contributed by atoms with E-state index in [1.807, 2.05) is 36.4 Å². The topological polar surface area (TPSA) is 0 Å². The minimum Gasteiger partial charge on any atom is -1.00 e. The fourth-order valence-electron chi connectivity index (χ4n) is 1.10. The average Bonchev–Trinajstić information content (AvgIpc) is 2.41. The Labute approximate surface area is 160 Å². The summed E-state index contributed by atoms with van der Waals surface area (Å²) in [6.45, 7) is 0. The van der Waals surface area contributed by atoms with Crippen LogP contribution >= 0.6 is 40.3 Å². The van der Waals surface area contributed by atoms with E-state index in [9.17, 15) is 0 Å². The first kappa shape index (κ1) is 22.2. The second kappa shape index (κ2) is 13.8. The molecule has 98 valence electrons. The summed E-state index contributed by atoms with van der Waals surface area (Å²) < 4.78 is 1.12. The van der Waals surface area contributed by atoms with E-state index in [2.05, 4.69) is 53.0 Å². The Hall–Kier alpha value is 0.866. The molecule has 0 heterocycles. The van der Waals surface area contributed by atoms with E-state index in [0.717, 1.165) is 10.2 Å². The molecule has 0 aliphatic rings. The molecule has 0 aliphatic heterocycles. The molecule has 5 heteroatoms. The van der Waals surface area contributed by atoms with Crippen LogP contribution in [0.15, 0.2) is 57.9 Å². The van der Waals surface area contributed by atoms with Crippen LogP contribution in [0.25, 0.3) is 0 Å². The van der Waals surface area contributed by atoms with Crippen LogP contribution in [-0.4, -0.2) is 29.3 Å². The van der Waals surface area contributed by atoms with Crippen LogP contribution < -0.4 is 17.0 Å². The molecular weight excluding hydrogens is 416 g/mol. The van der Waals surface area contributed by atoms with E-state index < -0.39 is 0 Å². The maximum atomic E-state index is 4.13. The van der Waals surface area contributed by atoms with Crippen molar-refractivity contribution in [3.63, 3.8) is 0 Å². The van der Waals surface area contributed by atoms with Gasteiger partial charge in [0.2, 0.25) is 0 Å². The summed E-state index contributed by atoms with van der Waals surface area (Å²) in [4.78, 5) is 1.30. The van der Waals surface area contributed by atoms with Gasteiger partial charge >= 0.3 is 23.1 Å². The summed E-state index contributed by atoms with van der Waals surface area (Å²) in [7, 11) is 0. The molecule has 0 unspecified atom stereocenters. The van der Waals surface area contributed by atoms with Crippen molar-refractivity contribution in [1.29, 1.82) is 0 Å². The first-order chi connectivity index (χ1) is 8.26. The van der Waals surface area contributed by atoms with Gasteiger partial charge in [-0.05, 0) is 24.0 Å². The summed E-state index contributed by atoms with van der Waals surface area (Å²) >= 11 is 9.23. The maximum absolute atomic E-state index is 4.13. The monoisotopic (exact) mass is 428 g/mol. The van der Waals surface area contributed by atoms with E-state index in [1.165, 1.54) is 10.5 Å². The van der Waals surface area contributed by atoms with Crippen molar-refractivity contribution < 1.29 is 17.0 Å². The molecule has 0 aliphatic carbocycles. The van der Waals surface area contributed by atoms with Crippen LogP contribution in [0.2, 0.25) is 0 Å². The van der Waals surface area contributed by atoms with Crippen LogP contribution in [-0.2, 0) is 5.75 Å². The van der Waals surface area contributed by atoms with Gasteiger partial charge in [0.25, 0.3) is 0 Å². The van der Waals surface area contributed by atoms with Crippen LogP contribution in [0.4, 0.5) is 0 Å². The van der Waals surface area contributed by atoms with Crippen molar-refractivity contribution >= 4 is 63.4 Å². The van der Waals surface area contributed by atoms with Crippen LogP contribution in [0.3, 0.4) is 0 Å². The number of hydrogen-bond donors (Lipinski definition) is 1. The molecule has 2 aromatic rings. The molecule has 0 fully saturated rings. The number of benzene rings is 2. The number of halogens is 2. The van der Waals surface area contributed by atoms with Crippen molar-refractivity contribution in [1.82, 2.24) is 0 Å². The Kier molecular flexibility index (Phi) is 16.1. The Balaban J connectivity index is 0. The van der Waals surface area contributed by atoms with Gasteiger partial charge in [-0.1, -0.05) is 28.1 Å². The summed E-state index contributed by atoms with van der Waals surface area (Å²) in [5.74, 6) is 0.813. The minimum absolute atomic E-state index is 0. The molecule has 0 spiro atoms. The van der Waals surface area contributed by atoms with Gasteiger partial charge in [0.05, 0.1) is 0 Å². The summed E-state index contributed by atoms with van der Waals surface area (Å²) in [5.41, 5.74) is 1.25. The van der Waals surface area contributed by atoms with Crippen molar-refractivity contribution in [2.45, 2.75) is 10.6 Å². The predicted molar refractivity (Wildman–Crippen MR) is 89.6 cm³/mol. The fourth-order valence-corrected chi connectivity index (χ4v) is 1.98. The number of hydrogen-bond acceptors (Lipinski definition) is 2. The van der Waals surface area contributed by atoms with Crippen molar-refractivity contribution in [2.24, 2.45) is 0 Å². The van der Waals surface area contributed by atoms with Gasteiger partial charge in [-0.3, -0.25) is 0 Å². The Morgan fingerprint density at radius 3 is 2.00 bits per heavy atom. The van der Waals surface area contributed by atoms with Crippen molar-refractivity contribution in [2.75, 3.05) is 6.26 Å². The Bertz CT molecular complexity index is 421. The van der Waals surface area contributed by atoms with Gasteiger partial charge < -0.3 is 17.0 Å². The van der Waals surface area contributed by atoms with E-state index >= 15 is 0 Å². The van der Waals surface area contributed by atoms with Gasteiger partial charge in [-0.15, -0.1) is 4.90 Å². The number of thiol groups is 1. The molecule has 0 atom stereocenters. The molecule has 0 saturated carbocycles. The third-order valence-corrected chi connectivity index (χ3v) is 3.66. The zero-order valence-corrected chi connectivity index (χ0v) is 16.9. The van der Waals surface area contributed by atoms with Gasteiger partial charge in [0, 0.05) is 10.2 Å². The third kappa shape index (κ3) is 10.3. The normalized spacial score (nSPS) is 8.37. The summed E-state index contributed by atoms with van der Waals surface area (Å²) in [6.07, 6.45) is 2.06. The fraction of sp³-hybridized carbons (Fsp3) is 0.143. The largest absolute Gasteiger partial charge is 2.00 e. The first-order valence-corrected chi connectivity index (χ1v) is 7.76. The number of thioether (sulfide) groups is 1. The van der Waals surface area contributed by atoms with Crippen LogP contribution in [0.5, 0.6) is 0 Å². The van der Waals surface area contributed by atoms with Gasteiger partial charge in [-0.25, -0.2) is 0 Å². The molecule has 0 bridgehead atoms. The quantitative estimate of drug-likeness (QED) is 0.328. The number of rotatable bonds is 2. The zero-order chi connectivity index (χ0) is 12.5. The van der Waals surface area contributed by atoms with Crippen LogP contribution in [0.1, 0.15) is 5.56 Å². The van der Waals surface area contributed by atoms with Crippen molar-refractivity contribution in [3.8, 4) is 0 Å². The summed E-state index contributed by atoms with van der Waals surface area (Å²) in [6, 6.07) is 19.0. The molecule has 2 rings (SSSR count). The van der Waals surface area contributed by atoms with Gasteiger partial charge in [0.1, 0.15) is 0 Å². The van der Waals surface area contributed by atoms with Gasteiger partial charge in [-0.2, -0.15) is 54.7 Å². The molecule has 0 amide bonds. The smallest absolute Gasteiger partial charge is 1.00 e. The summed E-state index contributed by atoms with van der Waals surface area (Å²) in [5, 5.41) is 0. The molecule has 2 aromatic carbocycles. The van der Waals surface area contributed by atoms with E-state index in [4.69, 9.17) is 0 Å². The first-order valence-electron chi connectivity index (χ1n) is 5.11. The molecule has 19 heavy (non-hydrogen) atoms. The molecule has 0 saturated heterocycles. The molecule has 0 N–H and O–H groups in total. The maximum Gasteiger partial charge on any atom is 2.00 e. The van der Waals surface area contributed by atoms with Crippen molar-refractivity contribution in [3.05, 3.63) is 64.6 Å². The minimum atomic E-state index is 0. The third-order valence-electron chi connectivity index (χ3n) is 2.02. The van der Waals surface area contributed by atoms with E-state index in [0.29, 0.717) is 0 Å². The van der Waals surface area contributed by atoms with E-state index in [-0.39, 0.29) is 40.0 Å². The zero-order valence-electron chi connectivity index (χ0n) is 10.6. The second-order valence-corrected chi connectivity index (χ2v) is 5.34. The SMILES string of the molecule is CSc1cc[c-]cc1.SCc1ccc(Br)cc1.[Br-].[Mg+2]. The van der Waals surface area contributed by atoms with Gasteiger partial charge in [0.15, 0.2) is 0 Å². The average molecular weight is 431 g/mol. The Morgan fingerprint density at radius 1 is 1.11 bits per heavy atom. The Morgan fingerprint density at radius 2 is 1.63 bits per heavy atom. The molecule has 0 radical (unpaired) electrons. The molecular formula is C14H14Br2MgS2. The van der Waals surface area contributed by atoms with Crippen LogP contribution in [0, 0.1) is 6.07 Å². The predicted octanol–water partition coefficient (Wildman–Crippen LogP) is 1.71. The molecule has 0 nitrogen and oxygen atoms in total.